The van der Waals surface area contributed by atoms with Crippen LogP contribution >= 0.6 is 0 Å². The molecule has 0 bridgehead atoms. The van der Waals surface area contributed by atoms with Gasteiger partial charge in [0.05, 0.1) is 0 Å². The van der Waals surface area contributed by atoms with E-state index in [0.29, 0.717) is 5.57 Å². The zero-order valence-corrected chi connectivity index (χ0v) is 14.3. The summed E-state index contributed by atoms with van der Waals surface area (Å²) in [7, 11) is 0. The Bertz CT molecular complexity index is 607. The van der Waals surface area contributed by atoms with E-state index >= 15 is 0 Å². The second-order valence-corrected chi connectivity index (χ2v) is 5.90. The van der Waals surface area contributed by atoms with Gasteiger partial charge in [-0.3, -0.25) is 9.59 Å². The average molecular weight is 319 g/mol. The molecule has 0 fully saturated rings. The van der Waals surface area contributed by atoms with Crippen molar-refractivity contribution in [1.82, 2.24) is 0 Å². The molecule has 0 aliphatic carbocycles. The maximum atomic E-state index is 12.0. The number of carboxylic acids is 1. The first-order chi connectivity index (χ1) is 10.4. The molecule has 0 saturated heterocycles. The quantitative estimate of drug-likeness (QED) is 0.407. The largest absolute Gasteiger partial charge is 0.478 e. The first kappa shape index (κ1) is 20.6. The third-order valence-electron chi connectivity index (χ3n) is 3.67. The molecular weight excluding hydrogens is 294 g/mol. The van der Waals surface area contributed by atoms with E-state index in [0.717, 1.165) is 0 Å². The van der Waals surface area contributed by atoms with E-state index in [1.807, 2.05) is 0 Å². The highest BCUT2D eigenvalue weighted by atomic mass is 16.4. The fourth-order valence-electron chi connectivity index (χ4n) is 1.74. The normalized spacial score (nSPS) is 14.7. The summed E-state index contributed by atoms with van der Waals surface area (Å²) >= 11 is 0. The predicted octanol–water partition coefficient (Wildman–Crippen LogP) is 2.79. The van der Waals surface area contributed by atoms with Gasteiger partial charge in [-0.25, -0.2) is 4.79 Å². The summed E-state index contributed by atoms with van der Waals surface area (Å²) in [5.74, 6) is -2.66. The number of allylic oxidation sites excluding steroid dienone is 5. The topological polar surface area (TPSA) is 97.5 Å². The van der Waals surface area contributed by atoms with Crippen LogP contribution in [0.3, 0.4) is 0 Å². The minimum absolute atomic E-state index is 0.129. The molecule has 3 N–H and O–H groups in total. The molecule has 1 atom stereocenters. The van der Waals surface area contributed by atoms with Gasteiger partial charge in [-0.15, -0.1) is 0 Å². The second kappa shape index (κ2) is 8.27. The summed E-state index contributed by atoms with van der Waals surface area (Å²) < 4.78 is 0. The first-order valence-corrected chi connectivity index (χ1v) is 7.20. The Labute approximate surface area is 137 Å². The van der Waals surface area contributed by atoms with Crippen molar-refractivity contribution in [2.45, 2.75) is 34.6 Å². The lowest BCUT2D eigenvalue weighted by Gasteiger charge is -2.27. The molecule has 0 aliphatic rings. The maximum Gasteiger partial charge on any atom is 0.331 e. The van der Waals surface area contributed by atoms with Gasteiger partial charge in [0.25, 0.3) is 0 Å². The van der Waals surface area contributed by atoms with Crippen molar-refractivity contribution in [2.75, 3.05) is 0 Å². The Morgan fingerprint density at radius 2 is 1.74 bits per heavy atom. The predicted molar refractivity (Wildman–Crippen MR) is 90.6 cm³/mol. The Hall–Kier alpha value is -2.43. The number of carbonyl (C=O) groups is 3. The van der Waals surface area contributed by atoms with E-state index in [2.05, 4.69) is 6.58 Å². The van der Waals surface area contributed by atoms with Gasteiger partial charge in [0.2, 0.25) is 0 Å². The maximum absolute atomic E-state index is 12.0. The highest BCUT2D eigenvalue weighted by Crippen LogP contribution is 2.33. The monoisotopic (exact) mass is 319 g/mol. The molecular formula is C18H25NO4. The number of rotatable bonds is 8. The Morgan fingerprint density at radius 3 is 2.13 bits per heavy atom. The number of carboxylic acid groups (broad SMARTS) is 1. The first-order valence-electron chi connectivity index (χ1n) is 7.20. The Balaban J connectivity index is 5.68. The minimum atomic E-state index is -1.05. The van der Waals surface area contributed by atoms with Gasteiger partial charge in [0.15, 0.2) is 5.78 Å². The molecule has 23 heavy (non-hydrogen) atoms. The fourth-order valence-corrected chi connectivity index (χ4v) is 1.74. The standard InChI is InChI=1S/C18H25NO4/c1-7-8-15(21)14(13(4)20)10-16(19)18(5,6)12(3)9-11(2)17(22)23/h7-10,14H,3,19H2,1-2,4-6H3,(H,22,23)/b8-7-,11-9+,16-10-. The van der Waals surface area contributed by atoms with Crippen molar-refractivity contribution in [2.24, 2.45) is 17.1 Å². The number of aliphatic carboxylic acids is 1. The summed E-state index contributed by atoms with van der Waals surface area (Å²) in [5.41, 5.74) is 6.18. The molecule has 5 heteroatoms. The van der Waals surface area contributed by atoms with E-state index in [4.69, 9.17) is 10.8 Å². The highest BCUT2D eigenvalue weighted by Gasteiger charge is 2.27. The van der Waals surface area contributed by atoms with Gasteiger partial charge < -0.3 is 10.8 Å². The van der Waals surface area contributed by atoms with Crippen LogP contribution in [0.15, 0.2) is 47.7 Å². The molecule has 0 rings (SSSR count). The lowest BCUT2D eigenvalue weighted by molar-refractivity contribution is -0.132. The number of carbonyl (C=O) groups excluding carboxylic acids is 2. The second-order valence-electron chi connectivity index (χ2n) is 5.90. The van der Waals surface area contributed by atoms with Gasteiger partial charge in [-0.05, 0) is 44.6 Å². The summed E-state index contributed by atoms with van der Waals surface area (Å²) in [6.45, 7) is 11.8. The van der Waals surface area contributed by atoms with Crippen LogP contribution in [0.5, 0.6) is 0 Å². The van der Waals surface area contributed by atoms with Crippen LogP contribution in [-0.4, -0.2) is 22.6 Å². The van der Waals surface area contributed by atoms with Gasteiger partial charge in [0.1, 0.15) is 11.7 Å². The van der Waals surface area contributed by atoms with Crippen LogP contribution < -0.4 is 5.73 Å². The van der Waals surface area contributed by atoms with Crippen LogP contribution in [0.1, 0.15) is 34.6 Å². The van der Waals surface area contributed by atoms with Crippen LogP contribution in [0.2, 0.25) is 0 Å². The molecule has 126 valence electrons. The van der Waals surface area contributed by atoms with Crippen molar-refractivity contribution in [3.05, 3.63) is 47.7 Å². The summed E-state index contributed by atoms with van der Waals surface area (Å²) in [4.78, 5) is 34.6. The van der Waals surface area contributed by atoms with Crippen LogP contribution in [-0.2, 0) is 14.4 Å². The van der Waals surface area contributed by atoms with Crippen molar-refractivity contribution in [3.63, 3.8) is 0 Å². The van der Waals surface area contributed by atoms with Gasteiger partial charge in [0, 0.05) is 16.7 Å². The number of hydrogen-bond acceptors (Lipinski definition) is 4. The average Bonchev–Trinajstić information content (AvgIpc) is 2.43. The van der Waals surface area contributed by atoms with Crippen molar-refractivity contribution < 1.29 is 19.5 Å². The molecule has 0 spiro atoms. The van der Waals surface area contributed by atoms with Crippen LogP contribution in [0.25, 0.3) is 0 Å². The number of Topliss-reactive ketones (excluding diaryl/α,β-unsaturated/α-hetero) is 1. The summed E-state index contributed by atoms with van der Waals surface area (Å²) in [6.07, 6.45) is 5.73. The zero-order valence-electron chi connectivity index (χ0n) is 14.3. The molecule has 0 aliphatic heterocycles. The van der Waals surface area contributed by atoms with E-state index < -0.39 is 17.3 Å². The molecule has 5 nitrogen and oxygen atoms in total. The minimum Gasteiger partial charge on any atom is -0.478 e. The third-order valence-corrected chi connectivity index (χ3v) is 3.67. The van der Waals surface area contributed by atoms with Gasteiger partial charge >= 0.3 is 5.97 Å². The van der Waals surface area contributed by atoms with Crippen LogP contribution in [0, 0.1) is 11.3 Å². The summed E-state index contributed by atoms with van der Waals surface area (Å²) in [6, 6.07) is 0. The number of ketones is 2. The molecule has 0 aromatic carbocycles. The number of nitrogens with two attached hydrogens (primary N) is 1. The smallest absolute Gasteiger partial charge is 0.331 e. The van der Waals surface area contributed by atoms with E-state index in [1.165, 1.54) is 32.1 Å². The van der Waals surface area contributed by atoms with E-state index in [1.54, 1.807) is 26.8 Å². The Morgan fingerprint density at radius 1 is 1.22 bits per heavy atom. The molecule has 0 heterocycles. The fraction of sp³-hybridized carbons (Fsp3) is 0.389. The van der Waals surface area contributed by atoms with E-state index in [9.17, 15) is 14.4 Å². The highest BCUT2D eigenvalue weighted by molar-refractivity contribution is 6.08. The van der Waals surface area contributed by atoms with Gasteiger partial charge in [-0.1, -0.05) is 26.5 Å². The molecule has 0 radical (unpaired) electrons. The van der Waals surface area contributed by atoms with Crippen LogP contribution in [0.4, 0.5) is 0 Å². The van der Waals surface area contributed by atoms with Crippen molar-refractivity contribution >= 4 is 17.5 Å². The molecule has 0 saturated carbocycles. The van der Waals surface area contributed by atoms with Crippen molar-refractivity contribution in [3.8, 4) is 0 Å². The van der Waals surface area contributed by atoms with Crippen molar-refractivity contribution in [1.29, 1.82) is 0 Å². The molecule has 0 aromatic rings. The SMILES string of the molecule is C=C(/C=C(\C)C(=O)O)C(C)(C)/C(N)=C/C(C(C)=O)C(=O)/C=C\C. The number of hydrogen-bond donors (Lipinski definition) is 2. The Kier molecular flexibility index (Phi) is 7.39. The zero-order chi connectivity index (χ0) is 18.4. The van der Waals surface area contributed by atoms with Gasteiger partial charge in [-0.2, -0.15) is 0 Å². The molecule has 0 aromatic heterocycles. The molecule has 0 amide bonds. The lowest BCUT2D eigenvalue weighted by atomic mass is 9.79. The lowest BCUT2D eigenvalue weighted by Crippen LogP contribution is -2.27. The summed E-state index contributed by atoms with van der Waals surface area (Å²) in [5, 5.41) is 8.93. The molecule has 1 unspecified atom stereocenters. The third kappa shape index (κ3) is 5.70. The van der Waals surface area contributed by atoms with E-state index in [-0.39, 0.29) is 22.8 Å².